The van der Waals surface area contributed by atoms with Crippen molar-refractivity contribution in [1.82, 2.24) is 10.2 Å². The lowest BCUT2D eigenvalue weighted by atomic mass is 10.0. The molecule has 1 atom stereocenters. The van der Waals surface area contributed by atoms with E-state index in [1.165, 1.54) is 45.2 Å². The summed E-state index contributed by atoms with van der Waals surface area (Å²) in [5.74, 6) is 1.50. The molecule has 0 radical (unpaired) electrons. The number of hydrogen-bond acceptors (Lipinski definition) is 2. The van der Waals surface area contributed by atoms with Gasteiger partial charge in [0.05, 0.1) is 0 Å². The third-order valence-corrected chi connectivity index (χ3v) is 4.33. The van der Waals surface area contributed by atoms with E-state index in [9.17, 15) is 0 Å². The summed E-state index contributed by atoms with van der Waals surface area (Å²) in [4.78, 5) is 2.78. The van der Waals surface area contributed by atoms with E-state index >= 15 is 0 Å². The number of nitrogens with one attached hydrogen (secondary N) is 1. The summed E-state index contributed by atoms with van der Waals surface area (Å²) in [5, 5.41) is 3.75. The minimum Gasteiger partial charge on any atom is -0.312 e. The second kappa shape index (κ2) is 8.97. The molecule has 2 nitrogen and oxygen atoms in total. The van der Waals surface area contributed by atoms with Gasteiger partial charge in [-0.25, -0.2) is 0 Å². The summed E-state index contributed by atoms with van der Waals surface area (Å²) in [6.45, 7) is 15.3. The minimum absolute atomic E-state index is 0.652. The molecule has 114 valence electrons. The molecule has 0 bridgehead atoms. The molecular weight excluding hydrogens is 232 g/mol. The van der Waals surface area contributed by atoms with Crippen LogP contribution < -0.4 is 5.32 Å². The van der Waals surface area contributed by atoms with Gasteiger partial charge in [-0.2, -0.15) is 0 Å². The van der Waals surface area contributed by atoms with E-state index in [1.54, 1.807) is 0 Å². The molecule has 0 aliphatic heterocycles. The van der Waals surface area contributed by atoms with Crippen LogP contribution in [0.25, 0.3) is 0 Å². The Morgan fingerprint density at radius 3 is 2.16 bits per heavy atom. The average Bonchev–Trinajstić information content (AvgIpc) is 2.85. The van der Waals surface area contributed by atoms with Gasteiger partial charge in [-0.3, -0.25) is 4.90 Å². The number of rotatable bonds is 9. The van der Waals surface area contributed by atoms with Gasteiger partial charge in [-0.15, -0.1) is 0 Å². The summed E-state index contributed by atoms with van der Waals surface area (Å²) >= 11 is 0. The van der Waals surface area contributed by atoms with Crippen LogP contribution in [0.3, 0.4) is 0 Å². The molecule has 0 spiro atoms. The first-order chi connectivity index (χ1) is 9.04. The van der Waals surface area contributed by atoms with Gasteiger partial charge in [0.25, 0.3) is 0 Å². The first kappa shape index (κ1) is 17.0. The monoisotopic (exact) mass is 268 g/mol. The quantitative estimate of drug-likeness (QED) is 0.682. The Balaban J connectivity index is 2.56. The average molecular weight is 268 g/mol. The zero-order valence-corrected chi connectivity index (χ0v) is 13.9. The third-order valence-electron chi connectivity index (χ3n) is 4.33. The van der Waals surface area contributed by atoms with E-state index < -0.39 is 0 Å². The topological polar surface area (TPSA) is 15.3 Å². The van der Waals surface area contributed by atoms with E-state index in [4.69, 9.17) is 0 Å². The van der Waals surface area contributed by atoms with Crippen molar-refractivity contribution in [3.8, 4) is 0 Å². The fourth-order valence-electron chi connectivity index (χ4n) is 3.20. The van der Waals surface area contributed by atoms with Crippen molar-refractivity contribution in [1.29, 1.82) is 0 Å². The molecule has 19 heavy (non-hydrogen) atoms. The van der Waals surface area contributed by atoms with Crippen LogP contribution in [0.4, 0.5) is 0 Å². The smallest absolute Gasteiger partial charge is 0.0218 e. The zero-order valence-electron chi connectivity index (χ0n) is 13.9. The Kier molecular flexibility index (Phi) is 8.01. The van der Waals surface area contributed by atoms with Crippen LogP contribution in [0.2, 0.25) is 0 Å². The molecule has 0 amide bonds. The van der Waals surface area contributed by atoms with Gasteiger partial charge in [0.15, 0.2) is 0 Å². The molecule has 2 heteroatoms. The Morgan fingerprint density at radius 1 is 1.05 bits per heavy atom. The van der Waals surface area contributed by atoms with Crippen LogP contribution >= 0.6 is 0 Å². The molecule has 0 heterocycles. The van der Waals surface area contributed by atoms with Crippen LogP contribution in [-0.4, -0.2) is 36.6 Å². The molecule has 1 unspecified atom stereocenters. The highest BCUT2D eigenvalue weighted by Gasteiger charge is 2.26. The fourth-order valence-corrected chi connectivity index (χ4v) is 3.20. The highest BCUT2D eigenvalue weighted by Crippen LogP contribution is 2.25. The molecule has 1 N–H and O–H groups in total. The predicted molar refractivity (Wildman–Crippen MR) is 85.6 cm³/mol. The van der Waals surface area contributed by atoms with E-state index in [0.29, 0.717) is 6.04 Å². The largest absolute Gasteiger partial charge is 0.312 e. The van der Waals surface area contributed by atoms with Gasteiger partial charge in [0.2, 0.25) is 0 Å². The van der Waals surface area contributed by atoms with Crippen LogP contribution in [0.15, 0.2) is 0 Å². The molecule has 0 aromatic heterocycles. The molecule has 1 rings (SSSR count). The predicted octanol–water partition coefficient (Wildman–Crippen LogP) is 3.91. The first-order valence-corrected chi connectivity index (χ1v) is 8.52. The van der Waals surface area contributed by atoms with E-state index in [2.05, 4.69) is 44.8 Å². The molecule has 1 saturated carbocycles. The van der Waals surface area contributed by atoms with Crippen LogP contribution in [-0.2, 0) is 0 Å². The lowest BCUT2D eigenvalue weighted by Crippen LogP contribution is -2.48. The molecule has 1 fully saturated rings. The van der Waals surface area contributed by atoms with Gasteiger partial charge in [0.1, 0.15) is 0 Å². The lowest BCUT2D eigenvalue weighted by Gasteiger charge is -2.35. The maximum atomic E-state index is 3.75. The molecule has 0 saturated heterocycles. The number of nitrogens with zero attached hydrogens (tertiary/aromatic N) is 1. The first-order valence-electron chi connectivity index (χ1n) is 8.52. The van der Waals surface area contributed by atoms with Crippen LogP contribution in [0.1, 0.15) is 66.7 Å². The maximum absolute atomic E-state index is 3.75. The van der Waals surface area contributed by atoms with Crippen molar-refractivity contribution in [2.45, 2.75) is 78.8 Å². The van der Waals surface area contributed by atoms with E-state index in [-0.39, 0.29) is 0 Å². The second-order valence-corrected chi connectivity index (χ2v) is 7.09. The van der Waals surface area contributed by atoms with Crippen molar-refractivity contribution in [3.05, 3.63) is 0 Å². The second-order valence-electron chi connectivity index (χ2n) is 7.09. The Bertz CT molecular complexity index is 219. The fraction of sp³-hybridized carbons (Fsp3) is 1.00. The SMILES string of the molecule is CCCNC(CN(CC(C)C)C1CCCC1)C(C)C. The maximum Gasteiger partial charge on any atom is 0.0218 e. The van der Waals surface area contributed by atoms with Crippen LogP contribution in [0, 0.1) is 11.8 Å². The van der Waals surface area contributed by atoms with Crippen LogP contribution in [0.5, 0.6) is 0 Å². The highest BCUT2D eigenvalue weighted by atomic mass is 15.2. The Hall–Kier alpha value is -0.0800. The standard InChI is InChI=1S/C17H36N2/c1-6-11-18-17(15(4)5)13-19(12-14(2)3)16-9-7-8-10-16/h14-18H,6-13H2,1-5H3. The summed E-state index contributed by atoms with van der Waals surface area (Å²) in [7, 11) is 0. The Labute approximate surface area is 121 Å². The molecule has 0 aromatic carbocycles. The molecule has 1 aliphatic rings. The van der Waals surface area contributed by atoms with Crippen molar-refractivity contribution in [2.75, 3.05) is 19.6 Å². The highest BCUT2D eigenvalue weighted by molar-refractivity contribution is 4.83. The summed E-state index contributed by atoms with van der Waals surface area (Å²) in [6.07, 6.45) is 6.95. The Morgan fingerprint density at radius 2 is 1.68 bits per heavy atom. The number of hydrogen-bond donors (Lipinski definition) is 1. The van der Waals surface area contributed by atoms with Gasteiger partial charge < -0.3 is 5.32 Å². The van der Waals surface area contributed by atoms with Crippen molar-refractivity contribution < 1.29 is 0 Å². The molecule has 1 aliphatic carbocycles. The van der Waals surface area contributed by atoms with Gasteiger partial charge >= 0.3 is 0 Å². The van der Waals surface area contributed by atoms with Gasteiger partial charge in [-0.05, 0) is 37.6 Å². The molecular formula is C17H36N2. The molecule has 0 aromatic rings. The van der Waals surface area contributed by atoms with E-state index in [1.807, 2.05) is 0 Å². The summed E-state index contributed by atoms with van der Waals surface area (Å²) < 4.78 is 0. The van der Waals surface area contributed by atoms with E-state index in [0.717, 1.165) is 24.4 Å². The minimum atomic E-state index is 0.652. The normalized spacial score (nSPS) is 18.9. The van der Waals surface area contributed by atoms with Crippen molar-refractivity contribution in [3.63, 3.8) is 0 Å². The lowest BCUT2D eigenvalue weighted by molar-refractivity contribution is 0.146. The van der Waals surface area contributed by atoms with Gasteiger partial charge in [0, 0.05) is 25.2 Å². The third kappa shape index (κ3) is 6.27. The summed E-state index contributed by atoms with van der Waals surface area (Å²) in [6, 6.07) is 1.51. The van der Waals surface area contributed by atoms with Crippen molar-refractivity contribution >= 4 is 0 Å². The zero-order chi connectivity index (χ0) is 14.3. The van der Waals surface area contributed by atoms with Gasteiger partial charge in [-0.1, -0.05) is 47.5 Å². The summed E-state index contributed by atoms with van der Waals surface area (Å²) in [5.41, 5.74) is 0. The van der Waals surface area contributed by atoms with Crippen molar-refractivity contribution in [2.24, 2.45) is 11.8 Å².